The van der Waals surface area contributed by atoms with Gasteiger partial charge in [-0.15, -0.1) is 0 Å². The van der Waals surface area contributed by atoms with Gasteiger partial charge in [-0.3, -0.25) is 9.52 Å². The van der Waals surface area contributed by atoms with Gasteiger partial charge in [0.15, 0.2) is 11.9 Å². The summed E-state index contributed by atoms with van der Waals surface area (Å²) in [6, 6.07) is 13.3. The predicted octanol–water partition coefficient (Wildman–Crippen LogP) is 4.56. The van der Waals surface area contributed by atoms with Crippen LogP contribution >= 0.6 is 0 Å². The molecule has 1 unspecified atom stereocenters. The second kappa shape index (κ2) is 13.4. The van der Waals surface area contributed by atoms with E-state index in [1.165, 1.54) is 6.07 Å². The number of rotatable bonds is 14. The van der Waals surface area contributed by atoms with Crippen LogP contribution in [-0.2, 0) is 30.9 Å². The van der Waals surface area contributed by atoms with Crippen molar-refractivity contribution in [2.45, 2.75) is 64.9 Å². The molecule has 2 aromatic carbocycles. The molecule has 0 fully saturated rings. The summed E-state index contributed by atoms with van der Waals surface area (Å²) < 4.78 is 39.6. The molecule has 1 heterocycles. The summed E-state index contributed by atoms with van der Waals surface area (Å²) >= 11 is 0. The number of anilines is 1. The highest BCUT2D eigenvalue weighted by Gasteiger charge is 2.48. The van der Waals surface area contributed by atoms with E-state index < -0.39 is 22.0 Å². The van der Waals surface area contributed by atoms with Gasteiger partial charge < -0.3 is 15.0 Å². The number of carbonyl (C=O) groups excluding carboxylic acids is 2. The number of nitrogens with two attached hydrogens (primary N) is 1. The Morgan fingerprint density at radius 1 is 1.10 bits per heavy atom. The Kier molecular flexibility index (Phi) is 10.5. The van der Waals surface area contributed by atoms with Gasteiger partial charge in [-0.05, 0) is 31.9 Å². The van der Waals surface area contributed by atoms with Crippen LogP contribution in [0.5, 0.6) is 0 Å². The van der Waals surface area contributed by atoms with E-state index in [4.69, 9.17) is 15.0 Å². The summed E-state index contributed by atoms with van der Waals surface area (Å²) in [5.74, 6) is -0.0942. The molecule has 3 N–H and O–H groups in total. The van der Waals surface area contributed by atoms with Crippen LogP contribution in [0.4, 0.5) is 5.82 Å². The molecule has 3 aromatic rings. The van der Waals surface area contributed by atoms with Crippen molar-refractivity contribution < 1.29 is 31.7 Å². The Bertz CT molecular complexity index is 1470. The third-order valence-corrected chi connectivity index (χ3v) is 8.80. The van der Waals surface area contributed by atoms with Crippen LogP contribution in [0, 0.1) is 19.8 Å². The first kappa shape index (κ1) is 32.0. The Labute approximate surface area is 242 Å². The lowest BCUT2D eigenvalue weighted by atomic mass is 9.95. The van der Waals surface area contributed by atoms with Crippen LogP contribution in [0.1, 0.15) is 50.5 Å². The van der Waals surface area contributed by atoms with E-state index in [-0.39, 0.29) is 40.2 Å². The fourth-order valence-electron chi connectivity index (χ4n) is 5.27. The minimum absolute atomic E-state index is 0.0629. The average Bonchev–Trinajstić information content (AvgIpc) is 3.23. The van der Waals surface area contributed by atoms with Gasteiger partial charge in [0.05, 0.1) is 17.9 Å². The van der Waals surface area contributed by atoms with Crippen LogP contribution in [0.25, 0.3) is 11.1 Å². The maximum Gasteiger partial charge on any atom is 0.314 e. The Morgan fingerprint density at radius 3 is 2.29 bits per heavy atom. The third-order valence-electron chi connectivity index (χ3n) is 7.40. The van der Waals surface area contributed by atoms with E-state index >= 15 is 0 Å². The third kappa shape index (κ3) is 7.03. The molecule has 0 spiro atoms. The topological polar surface area (TPSA) is 142 Å². The summed E-state index contributed by atoms with van der Waals surface area (Å²) in [5, 5.41) is 3.83. The van der Waals surface area contributed by atoms with E-state index in [9.17, 15) is 18.0 Å². The maximum atomic E-state index is 13.7. The number of aryl methyl sites for hydroxylation is 1. The van der Waals surface area contributed by atoms with E-state index in [2.05, 4.69) is 9.88 Å². The molecule has 0 saturated heterocycles. The van der Waals surface area contributed by atoms with Crippen LogP contribution in [0.2, 0.25) is 0 Å². The highest BCUT2D eigenvalue weighted by molar-refractivity contribution is 7.92. The highest BCUT2D eigenvalue weighted by atomic mass is 32.2. The lowest BCUT2D eigenvalue weighted by molar-refractivity contribution is -0.887. The largest absolute Gasteiger partial charge is 0.379 e. The SMILES string of the molecule is CCCC(=O)[N+](CCOC)(Cc1ccc(-c2ccccc2S(=O)(=O)Nc2noc(C)c2C)cc1)[C@H](C(N)=O)C(C)C. The molecule has 0 bridgehead atoms. The first-order valence-corrected chi connectivity index (χ1v) is 15.2. The number of aromatic nitrogens is 1. The lowest BCUT2D eigenvalue weighted by Gasteiger charge is -2.42. The number of amides is 2. The van der Waals surface area contributed by atoms with Crippen molar-refractivity contribution in [3.8, 4) is 11.1 Å². The van der Waals surface area contributed by atoms with Gasteiger partial charge >= 0.3 is 5.91 Å². The van der Waals surface area contributed by atoms with E-state index in [1.807, 2.05) is 45.0 Å². The van der Waals surface area contributed by atoms with Crippen molar-refractivity contribution in [1.82, 2.24) is 5.16 Å². The number of carbonyl (C=O) groups is 2. The maximum absolute atomic E-state index is 13.7. The minimum Gasteiger partial charge on any atom is -0.379 e. The molecule has 2 atom stereocenters. The molecule has 3 rings (SSSR count). The standard InChI is InChI=1S/C30H40N4O6S/c1-7-10-27(35)34(17-18-39-6,28(20(2)3)29(31)36)19-23-13-15-24(16-14-23)25-11-8-9-12-26(25)41(37,38)33-30-21(4)22(5)40-32-30/h8-9,11-16,20,28H,7,10,17-19H2,1-6H3,(H2-,31,32,33,36)/p+1/t28-,34?/m0/s1. The van der Waals surface area contributed by atoms with Crippen LogP contribution in [-0.4, -0.2) is 56.2 Å². The number of benzene rings is 2. The molecule has 222 valence electrons. The Morgan fingerprint density at radius 2 is 1.76 bits per heavy atom. The van der Waals surface area contributed by atoms with Crippen molar-refractivity contribution in [3.05, 3.63) is 65.4 Å². The van der Waals surface area contributed by atoms with Crippen molar-refractivity contribution in [3.63, 3.8) is 0 Å². The van der Waals surface area contributed by atoms with Gasteiger partial charge in [0, 0.05) is 29.7 Å². The van der Waals surface area contributed by atoms with Crippen LogP contribution in [0.3, 0.4) is 0 Å². The molecule has 2 amide bonds. The highest BCUT2D eigenvalue weighted by Crippen LogP contribution is 2.32. The molecule has 0 saturated carbocycles. The zero-order valence-corrected chi connectivity index (χ0v) is 25.5. The second-order valence-corrected chi connectivity index (χ2v) is 12.3. The lowest BCUT2D eigenvalue weighted by Crippen LogP contribution is -2.65. The van der Waals surface area contributed by atoms with Gasteiger partial charge in [-0.1, -0.05) is 68.4 Å². The molecular formula is C30H41N4O6S+. The van der Waals surface area contributed by atoms with Crippen LogP contribution in [0.15, 0.2) is 57.9 Å². The summed E-state index contributed by atoms with van der Waals surface area (Å²) in [6.07, 6.45) is 0.947. The first-order valence-electron chi connectivity index (χ1n) is 13.7. The molecule has 0 aliphatic rings. The molecule has 1 aromatic heterocycles. The summed E-state index contributed by atoms with van der Waals surface area (Å²) in [4.78, 5) is 26.5. The predicted molar refractivity (Wildman–Crippen MR) is 157 cm³/mol. The number of primary amides is 1. The summed E-state index contributed by atoms with van der Waals surface area (Å²) in [5.41, 5.74) is 8.49. The number of ether oxygens (including phenoxy) is 1. The first-order chi connectivity index (χ1) is 19.4. The number of sulfonamides is 1. The van der Waals surface area contributed by atoms with Gasteiger partial charge in [0.1, 0.15) is 18.8 Å². The zero-order chi connectivity index (χ0) is 30.4. The van der Waals surface area contributed by atoms with E-state index in [1.54, 1.807) is 39.2 Å². The van der Waals surface area contributed by atoms with Crippen LogP contribution < -0.4 is 10.5 Å². The van der Waals surface area contributed by atoms with Gasteiger partial charge in [0.25, 0.3) is 15.9 Å². The fraction of sp³-hybridized carbons (Fsp3) is 0.433. The van der Waals surface area contributed by atoms with Crippen molar-refractivity contribution in [1.29, 1.82) is 0 Å². The number of quaternary nitrogens is 1. The number of nitrogens with zero attached hydrogens (tertiary/aromatic N) is 2. The van der Waals surface area contributed by atoms with Crippen molar-refractivity contribution >= 4 is 27.7 Å². The number of hydrogen-bond donors (Lipinski definition) is 2. The zero-order valence-electron chi connectivity index (χ0n) is 24.6. The average molecular weight is 586 g/mol. The van der Waals surface area contributed by atoms with Gasteiger partial charge in [-0.25, -0.2) is 17.7 Å². The van der Waals surface area contributed by atoms with E-state index in [0.29, 0.717) is 41.8 Å². The summed E-state index contributed by atoms with van der Waals surface area (Å²) in [7, 11) is -2.42. The summed E-state index contributed by atoms with van der Waals surface area (Å²) in [6.45, 7) is 9.99. The van der Waals surface area contributed by atoms with Crippen molar-refractivity contribution in [2.24, 2.45) is 11.7 Å². The van der Waals surface area contributed by atoms with Gasteiger partial charge in [0.2, 0.25) is 0 Å². The smallest absolute Gasteiger partial charge is 0.314 e. The normalized spacial score (nSPS) is 14.0. The second-order valence-electron chi connectivity index (χ2n) is 10.7. The quantitative estimate of drug-likeness (QED) is 0.264. The van der Waals surface area contributed by atoms with E-state index in [0.717, 1.165) is 5.56 Å². The monoisotopic (exact) mass is 585 g/mol. The molecule has 0 aliphatic carbocycles. The van der Waals surface area contributed by atoms with Gasteiger partial charge in [-0.2, -0.15) is 0 Å². The molecule has 11 heteroatoms. The number of hydrogen-bond acceptors (Lipinski definition) is 7. The number of methoxy groups -OCH3 is 1. The van der Waals surface area contributed by atoms with Crippen molar-refractivity contribution in [2.75, 3.05) is 25.0 Å². The minimum atomic E-state index is -3.98. The molecule has 41 heavy (non-hydrogen) atoms. The molecule has 0 radical (unpaired) electrons. The molecular weight excluding hydrogens is 544 g/mol. The molecule has 0 aliphatic heterocycles. The molecule has 10 nitrogen and oxygen atoms in total. The Hall–Kier alpha value is -3.54. The Balaban J connectivity index is 2.02. The fourth-order valence-corrected chi connectivity index (χ4v) is 6.56. The number of nitrogens with one attached hydrogen (secondary N) is 1.